The van der Waals surface area contributed by atoms with Gasteiger partial charge in [0.25, 0.3) is 5.91 Å². The van der Waals surface area contributed by atoms with Crippen LogP contribution in [0.2, 0.25) is 0 Å². The number of carbonyl (C=O) groups excluding carboxylic acids is 1. The second kappa shape index (κ2) is 8.08. The van der Waals surface area contributed by atoms with E-state index in [0.29, 0.717) is 11.5 Å². The molecular formula is C21H21NO2S. The number of amides is 1. The molecule has 0 saturated heterocycles. The molecule has 4 heteroatoms. The van der Waals surface area contributed by atoms with E-state index in [1.165, 1.54) is 4.90 Å². The van der Waals surface area contributed by atoms with Crippen LogP contribution in [0.15, 0.2) is 82.3 Å². The molecule has 1 aromatic heterocycles. The zero-order valence-corrected chi connectivity index (χ0v) is 15.2. The summed E-state index contributed by atoms with van der Waals surface area (Å²) >= 11 is 1.70. The van der Waals surface area contributed by atoms with Gasteiger partial charge in [-0.1, -0.05) is 48.5 Å². The van der Waals surface area contributed by atoms with Crippen LogP contribution in [0.3, 0.4) is 0 Å². The molecule has 0 aliphatic rings. The molecule has 0 radical (unpaired) electrons. The first-order valence-corrected chi connectivity index (χ1v) is 9.21. The van der Waals surface area contributed by atoms with Gasteiger partial charge in [-0.05, 0) is 30.7 Å². The number of rotatable bonds is 6. The van der Waals surface area contributed by atoms with E-state index in [2.05, 4.69) is 12.1 Å². The van der Waals surface area contributed by atoms with E-state index < -0.39 is 0 Å². The van der Waals surface area contributed by atoms with Gasteiger partial charge in [0.2, 0.25) is 0 Å². The van der Waals surface area contributed by atoms with E-state index in [1.54, 1.807) is 22.9 Å². The third-order valence-corrected chi connectivity index (χ3v) is 5.32. The summed E-state index contributed by atoms with van der Waals surface area (Å²) in [4.78, 5) is 15.8. The summed E-state index contributed by atoms with van der Waals surface area (Å²) in [5, 5.41) is 0. The third-order valence-electron chi connectivity index (χ3n) is 4.26. The zero-order chi connectivity index (χ0) is 17.6. The Morgan fingerprint density at radius 1 is 1.04 bits per heavy atom. The maximum absolute atomic E-state index is 12.9. The van der Waals surface area contributed by atoms with Crippen LogP contribution in [0, 0.1) is 0 Å². The van der Waals surface area contributed by atoms with Gasteiger partial charge in [0.1, 0.15) is 0 Å². The van der Waals surface area contributed by atoms with Crippen molar-refractivity contribution < 1.29 is 9.21 Å². The fraction of sp³-hybridized carbons (Fsp3) is 0.190. The first-order valence-electron chi connectivity index (χ1n) is 8.23. The van der Waals surface area contributed by atoms with Crippen molar-refractivity contribution >= 4 is 17.7 Å². The highest BCUT2D eigenvalue weighted by molar-refractivity contribution is 7.98. The maximum Gasteiger partial charge on any atom is 0.290 e. The predicted octanol–water partition coefficient (Wildman–Crippen LogP) is 5.41. The molecule has 0 aliphatic carbocycles. The SMILES string of the molecule is CC(c1ccccc1)N(C)C(=O)c1occc1CSc1ccccc1. The summed E-state index contributed by atoms with van der Waals surface area (Å²) in [5.74, 6) is 1.04. The lowest BCUT2D eigenvalue weighted by Gasteiger charge is -2.24. The molecule has 0 N–H and O–H groups in total. The van der Waals surface area contributed by atoms with Crippen molar-refractivity contribution in [2.45, 2.75) is 23.6 Å². The lowest BCUT2D eigenvalue weighted by Crippen LogP contribution is -2.29. The van der Waals surface area contributed by atoms with E-state index in [-0.39, 0.29) is 11.9 Å². The molecule has 1 amide bonds. The minimum Gasteiger partial charge on any atom is -0.459 e. The molecule has 1 heterocycles. The topological polar surface area (TPSA) is 33.5 Å². The molecule has 0 bridgehead atoms. The first kappa shape index (κ1) is 17.4. The van der Waals surface area contributed by atoms with Crippen LogP contribution < -0.4 is 0 Å². The summed E-state index contributed by atoms with van der Waals surface area (Å²) in [7, 11) is 1.82. The lowest BCUT2D eigenvalue weighted by molar-refractivity contribution is 0.0709. The van der Waals surface area contributed by atoms with Crippen LogP contribution in [-0.4, -0.2) is 17.9 Å². The molecule has 0 saturated carbocycles. The molecule has 1 unspecified atom stereocenters. The van der Waals surface area contributed by atoms with Gasteiger partial charge in [-0.15, -0.1) is 11.8 Å². The van der Waals surface area contributed by atoms with Gasteiger partial charge in [-0.25, -0.2) is 0 Å². The second-order valence-electron chi connectivity index (χ2n) is 5.88. The number of nitrogens with zero attached hydrogens (tertiary/aromatic N) is 1. The Labute approximate surface area is 152 Å². The molecule has 25 heavy (non-hydrogen) atoms. The van der Waals surface area contributed by atoms with Crippen molar-refractivity contribution in [2.75, 3.05) is 7.05 Å². The normalized spacial score (nSPS) is 11.9. The highest BCUT2D eigenvalue weighted by Crippen LogP contribution is 2.27. The summed E-state index contributed by atoms with van der Waals surface area (Å²) in [6, 6.07) is 22.0. The third kappa shape index (κ3) is 4.15. The molecule has 0 aliphatic heterocycles. The molecule has 0 fully saturated rings. The Kier molecular flexibility index (Phi) is 5.61. The van der Waals surface area contributed by atoms with Crippen molar-refractivity contribution in [3.05, 3.63) is 89.9 Å². The van der Waals surface area contributed by atoms with E-state index in [9.17, 15) is 4.79 Å². The highest BCUT2D eigenvalue weighted by atomic mass is 32.2. The molecule has 2 aromatic carbocycles. The Hall–Kier alpha value is -2.46. The van der Waals surface area contributed by atoms with E-state index in [1.807, 2.05) is 68.6 Å². The van der Waals surface area contributed by atoms with Crippen LogP contribution in [-0.2, 0) is 5.75 Å². The molecule has 3 rings (SSSR count). The molecule has 0 spiro atoms. The molecule has 3 aromatic rings. The van der Waals surface area contributed by atoms with E-state index >= 15 is 0 Å². The predicted molar refractivity (Wildman–Crippen MR) is 102 cm³/mol. The number of benzene rings is 2. The fourth-order valence-corrected chi connectivity index (χ4v) is 3.51. The van der Waals surface area contributed by atoms with Gasteiger partial charge in [0, 0.05) is 23.3 Å². The number of carbonyl (C=O) groups is 1. The number of furan rings is 1. The fourth-order valence-electron chi connectivity index (χ4n) is 2.61. The quantitative estimate of drug-likeness (QED) is 0.557. The Bertz CT molecular complexity index is 814. The molecule has 1 atom stereocenters. The minimum atomic E-state index is -0.0926. The number of hydrogen-bond donors (Lipinski definition) is 0. The van der Waals surface area contributed by atoms with Gasteiger partial charge in [0.15, 0.2) is 5.76 Å². The van der Waals surface area contributed by atoms with Crippen LogP contribution in [0.25, 0.3) is 0 Å². The van der Waals surface area contributed by atoms with Gasteiger partial charge >= 0.3 is 0 Å². The van der Waals surface area contributed by atoms with Crippen molar-refractivity contribution in [1.29, 1.82) is 0 Å². The number of hydrogen-bond acceptors (Lipinski definition) is 3. The monoisotopic (exact) mass is 351 g/mol. The van der Waals surface area contributed by atoms with Crippen LogP contribution in [0.5, 0.6) is 0 Å². The number of thioether (sulfide) groups is 1. The summed E-state index contributed by atoms with van der Waals surface area (Å²) < 4.78 is 5.52. The van der Waals surface area contributed by atoms with Gasteiger partial charge in [-0.2, -0.15) is 0 Å². The average molecular weight is 351 g/mol. The van der Waals surface area contributed by atoms with Gasteiger partial charge in [0.05, 0.1) is 12.3 Å². The van der Waals surface area contributed by atoms with Crippen molar-refractivity contribution in [1.82, 2.24) is 4.90 Å². The van der Waals surface area contributed by atoms with Crippen molar-refractivity contribution in [3.8, 4) is 0 Å². The molecular weight excluding hydrogens is 330 g/mol. The Morgan fingerprint density at radius 3 is 2.36 bits per heavy atom. The lowest BCUT2D eigenvalue weighted by atomic mass is 10.1. The van der Waals surface area contributed by atoms with Crippen LogP contribution in [0.1, 0.15) is 34.6 Å². The highest BCUT2D eigenvalue weighted by Gasteiger charge is 2.23. The molecule has 128 valence electrons. The summed E-state index contributed by atoms with van der Waals surface area (Å²) in [6.07, 6.45) is 1.59. The van der Waals surface area contributed by atoms with Crippen LogP contribution >= 0.6 is 11.8 Å². The molecule has 3 nitrogen and oxygen atoms in total. The first-order chi connectivity index (χ1) is 12.2. The van der Waals surface area contributed by atoms with Crippen molar-refractivity contribution in [2.24, 2.45) is 0 Å². The summed E-state index contributed by atoms with van der Waals surface area (Å²) in [5.41, 5.74) is 2.02. The van der Waals surface area contributed by atoms with Crippen molar-refractivity contribution in [3.63, 3.8) is 0 Å². The average Bonchev–Trinajstić information content (AvgIpc) is 3.14. The van der Waals surface area contributed by atoms with Gasteiger partial charge in [-0.3, -0.25) is 4.79 Å². The smallest absolute Gasteiger partial charge is 0.290 e. The summed E-state index contributed by atoms with van der Waals surface area (Å²) in [6.45, 7) is 2.02. The largest absolute Gasteiger partial charge is 0.459 e. The zero-order valence-electron chi connectivity index (χ0n) is 14.4. The standard InChI is InChI=1S/C21H21NO2S/c1-16(17-9-5-3-6-10-17)22(2)21(23)20-18(13-14-24-20)15-25-19-11-7-4-8-12-19/h3-14,16H,15H2,1-2H3. The Balaban J connectivity index is 1.71. The van der Waals surface area contributed by atoms with E-state index in [4.69, 9.17) is 4.42 Å². The Morgan fingerprint density at radius 2 is 1.68 bits per heavy atom. The maximum atomic E-state index is 12.9. The minimum absolute atomic E-state index is 0.0200. The van der Waals surface area contributed by atoms with E-state index in [0.717, 1.165) is 11.1 Å². The van der Waals surface area contributed by atoms with Crippen LogP contribution in [0.4, 0.5) is 0 Å². The van der Waals surface area contributed by atoms with Gasteiger partial charge < -0.3 is 9.32 Å². The second-order valence-corrected chi connectivity index (χ2v) is 6.93.